The van der Waals surface area contributed by atoms with Crippen LogP contribution in [0.4, 0.5) is 13.2 Å². The van der Waals surface area contributed by atoms with Crippen molar-refractivity contribution < 1.29 is 33.0 Å². The van der Waals surface area contributed by atoms with Gasteiger partial charge >= 0.3 is 5.97 Å². The molecule has 1 heterocycles. The highest BCUT2D eigenvalue weighted by molar-refractivity contribution is 6.38. The average molecular weight is 443 g/mol. The van der Waals surface area contributed by atoms with E-state index >= 15 is 0 Å². The molecule has 3 rings (SSSR count). The molecule has 0 saturated carbocycles. The molecule has 32 heavy (non-hydrogen) atoms. The molecule has 0 amide bonds. The molecule has 0 atom stereocenters. The number of benzene rings is 2. The first-order valence-corrected chi connectivity index (χ1v) is 9.24. The first-order valence-electron chi connectivity index (χ1n) is 9.24. The van der Waals surface area contributed by atoms with Crippen LogP contribution in [0, 0.1) is 17.5 Å². The van der Waals surface area contributed by atoms with E-state index < -0.39 is 46.1 Å². The third-order valence-electron chi connectivity index (χ3n) is 4.61. The molecule has 9 heteroatoms. The summed E-state index contributed by atoms with van der Waals surface area (Å²) in [6, 6.07) is 9.77. The van der Waals surface area contributed by atoms with E-state index in [9.17, 15) is 32.7 Å². The summed E-state index contributed by atoms with van der Waals surface area (Å²) in [5.74, 6) is -6.41. The van der Waals surface area contributed by atoms with Gasteiger partial charge in [-0.2, -0.15) is 0 Å². The van der Waals surface area contributed by atoms with Crippen LogP contribution in [0.5, 0.6) is 0 Å². The number of carboxylic acid groups (broad SMARTS) is 1. The first kappa shape index (κ1) is 22.5. The van der Waals surface area contributed by atoms with Crippen molar-refractivity contribution >= 4 is 17.5 Å². The number of rotatable bonds is 7. The highest BCUT2D eigenvalue weighted by Gasteiger charge is 2.17. The number of aliphatic carboxylic acids is 1. The van der Waals surface area contributed by atoms with E-state index in [1.54, 1.807) is 6.07 Å². The van der Waals surface area contributed by atoms with Crippen molar-refractivity contribution in [1.29, 1.82) is 0 Å². The van der Waals surface area contributed by atoms with Gasteiger partial charge in [-0.15, -0.1) is 0 Å². The van der Waals surface area contributed by atoms with Crippen LogP contribution in [0.15, 0.2) is 65.6 Å². The largest absolute Gasteiger partial charge is 0.507 e. The van der Waals surface area contributed by atoms with Gasteiger partial charge in [-0.3, -0.25) is 9.59 Å². The van der Waals surface area contributed by atoms with E-state index in [1.807, 2.05) is 0 Å². The number of hydrogen-bond donors (Lipinski definition) is 2. The Morgan fingerprint density at radius 1 is 0.938 bits per heavy atom. The van der Waals surface area contributed by atoms with Crippen molar-refractivity contribution in [2.45, 2.75) is 13.0 Å². The van der Waals surface area contributed by atoms with Gasteiger partial charge in [0.2, 0.25) is 0 Å². The van der Waals surface area contributed by atoms with E-state index in [0.29, 0.717) is 12.1 Å². The molecule has 2 aromatic carbocycles. The topological polar surface area (TPSA) is 96.6 Å². The minimum Gasteiger partial charge on any atom is -0.507 e. The van der Waals surface area contributed by atoms with E-state index in [2.05, 4.69) is 0 Å². The van der Waals surface area contributed by atoms with E-state index in [1.165, 1.54) is 30.5 Å². The summed E-state index contributed by atoms with van der Waals surface area (Å²) in [6.07, 6.45) is 1.55. The van der Waals surface area contributed by atoms with Gasteiger partial charge in [0.05, 0.1) is 12.1 Å². The van der Waals surface area contributed by atoms with Gasteiger partial charge < -0.3 is 14.8 Å². The third kappa shape index (κ3) is 5.12. The maximum absolute atomic E-state index is 14.1. The summed E-state index contributed by atoms with van der Waals surface area (Å²) in [5.41, 5.74) is -0.766. The zero-order valence-corrected chi connectivity index (χ0v) is 16.4. The molecule has 0 aliphatic rings. The molecule has 0 saturated heterocycles. The molecule has 164 valence electrons. The fourth-order valence-electron chi connectivity index (χ4n) is 3.05. The number of nitrogens with zero attached hydrogens (tertiary/aromatic N) is 1. The Morgan fingerprint density at radius 2 is 1.66 bits per heavy atom. The lowest BCUT2D eigenvalue weighted by Gasteiger charge is -2.13. The molecule has 0 unspecified atom stereocenters. The molecule has 0 aliphatic heterocycles. The number of ketones is 1. The van der Waals surface area contributed by atoms with Crippen LogP contribution >= 0.6 is 0 Å². The molecule has 0 fully saturated rings. The summed E-state index contributed by atoms with van der Waals surface area (Å²) in [5, 5.41) is 18.9. The lowest BCUT2D eigenvalue weighted by atomic mass is 10.0. The molecule has 3 aromatic rings. The number of halogens is 3. The fourth-order valence-corrected chi connectivity index (χ4v) is 3.05. The Balaban J connectivity index is 2.12. The standard InChI is InChI=1S/C23H16F3NO5/c24-16-6-5-14(19(26)9-16)7-13-8-17(20(28)10-21(29)23(31)32)22(30)27(11-13)12-15-3-1-2-4-18(15)25/h1-6,8-11,28H,7,12H2,(H,31,32). The van der Waals surface area contributed by atoms with Gasteiger partial charge in [-0.1, -0.05) is 24.3 Å². The monoisotopic (exact) mass is 443 g/mol. The van der Waals surface area contributed by atoms with Gasteiger partial charge in [-0.05, 0) is 29.3 Å². The smallest absolute Gasteiger partial charge is 0.376 e. The van der Waals surface area contributed by atoms with Gasteiger partial charge in [0.25, 0.3) is 11.3 Å². The van der Waals surface area contributed by atoms with E-state index in [-0.39, 0.29) is 29.7 Å². The predicted octanol–water partition coefficient (Wildman–Crippen LogP) is 3.46. The molecule has 6 nitrogen and oxygen atoms in total. The number of aromatic nitrogens is 1. The Morgan fingerprint density at radius 3 is 2.31 bits per heavy atom. The minimum absolute atomic E-state index is 0.0820. The Kier molecular flexibility index (Phi) is 6.58. The molecule has 0 bridgehead atoms. The first-order chi connectivity index (χ1) is 15.2. The summed E-state index contributed by atoms with van der Waals surface area (Å²) in [4.78, 5) is 35.0. The van der Waals surface area contributed by atoms with Crippen molar-refractivity contribution in [3.05, 3.63) is 111 Å². The highest BCUT2D eigenvalue weighted by atomic mass is 19.1. The molecule has 0 radical (unpaired) electrons. The number of hydrogen-bond acceptors (Lipinski definition) is 4. The van der Waals surface area contributed by atoms with Gasteiger partial charge in [0.15, 0.2) is 0 Å². The number of carbonyl (C=O) groups excluding carboxylic acids is 1. The van der Waals surface area contributed by atoms with Crippen molar-refractivity contribution in [3.8, 4) is 0 Å². The quantitative estimate of drug-likeness (QED) is 0.331. The summed E-state index contributed by atoms with van der Waals surface area (Å²) in [7, 11) is 0. The van der Waals surface area contributed by atoms with Crippen LogP contribution in [0.2, 0.25) is 0 Å². The summed E-state index contributed by atoms with van der Waals surface area (Å²) >= 11 is 0. The zero-order valence-electron chi connectivity index (χ0n) is 16.4. The summed E-state index contributed by atoms with van der Waals surface area (Å²) in [6.45, 7) is -0.252. The molecule has 2 N–H and O–H groups in total. The number of carboxylic acids is 1. The van der Waals surface area contributed by atoms with Crippen molar-refractivity contribution in [2.75, 3.05) is 0 Å². The maximum atomic E-state index is 14.1. The Labute approximate surface area is 179 Å². The fraction of sp³-hybridized carbons (Fsp3) is 0.0870. The second kappa shape index (κ2) is 9.34. The lowest BCUT2D eigenvalue weighted by Crippen LogP contribution is -2.25. The van der Waals surface area contributed by atoms with Crippen LogP contribution < -0.4 is 5.56 Å². The Bertz CT molecular complexity index is 1300. The van der Waals surface area contributed by atoms with Crippen molar-refractivity contribution in [2.24, 2.45) is 0 Å². The van der Waals surface area contributed by atoms with Crippen LogP contribution in [0.1, 0.15) is 22.3 Å². The minimum atomic E-state index is -1.84. The summed E-state index contributed by atoms with van der Waals surface area (Å²) < 4.78 is 42.4. The average Bonchev–Trinajstić information content (AvgIpc) is 2.73. The van der Waals surface area contributed by atoms with E-state index in [0.717, 1.165) is 16.7 Å². The van der Waals surface area contributed by atoms with Crippen molar-refractivity contribution in [1.82, 2.24) is 4.57 Å². The van der Waals surface area contributed by atoms with Gasteiger partial charge in [0.1, 0.15) is 23.2 Å². The molecule has 0 spiro atoms. The number of aliphatic hydroxyl groups is 1. The van der Waals surface area contributed by atoms with Crippen LogP contribution in [-0.2, 0) is 22.6 Å². The second-order valence-electron chi connectivity index (χ2n) is 6.90. The molecular formula is C23H16F3NO5. The van der Waals surface area contributed by atoms with E-state index in [4.69, 9.17) is 5.11 Å². The molecule has 0 aliphatic carbocycles. The van der Waals surface area contributed by atoms with Crippen LogP contribution in [-0.4, -0.2) is 26.5 Å². The van der Waals surface area contributed by atoms with Gasteiger partial charge in [-0.25, -0.2) is 18.0 Å². The SMILES string of the molecule is O=C(O)C(=O)C=C(O)c1cc(Cc2ccc(F)cc2F)cn(Cc2ccccc2F)c1=O. The second-order valence-corrected chi connectivity index (χ2v) is 6.90. The predicted molar refractivity (Wildman–Crippen MR) is 109 cm³/mol. The normalized spacial score (nSPS) is 11.4. The molecular weight excluding hydrogens is 427 g/mol. The van der Waals surface area contributed by atoms with Gasteiger partial charge in [0, 0.05) is 30.3 Å². The maximum Gasteiger partial charge on any atom is 0.376 e. The van der Waals surface area contributed by atoms with Crippen LogP contribution in [0.25, 0.3) is 5.76 Å². The number of carbonyl (C=O) groups is 2. The Hall–Kier alpha value is -4.14. The number of pyridine rings is 1. The van der Waals surface area contributed by atoms with Crippen LogP contribution in [0.3, 0.4) is 0 Å². The third-order valence-corrected chi connectivity index (χ3v) is 4.61. The van der Waals surface area contributed by atoms with Crippen molar-refractivity contribution in [3.63, 3.8) is 0 Å². The highest BCUT2D eigenvalue weighted by Crippen LogP contribution is 2.18. The number of aliphatic hydroxyl groups excluding tert-OH is 1. The lowest BCUT2D eigenvalue weighted by molar-refractivity contribution is -0.146. The molecule has 1 aromatic heterocycles. The zero-order chi connectivity index (χ0) is 23.4.